The molecule has 0 aromatic carbocycles. The van der Waals surface area contributed by atoms with E-state index in [1.165, 1.54) is 19.3 Å². The van der Waals surface area contributed by atoms with Gasteiger partial charge in [-0.3, -0.25) is 4.90 Å². The monoisotopic (exact) mass is 227 g/mol. The summed E-state index contributed by atoms with van der Waals surface area (Å²) >= 11 is 4.79. The Labute approximate surface area is 100 Å². The van der Waals surface area contributed by atoms with Gasteiger partial charge in [-0.25, -0.2) is 0 Å². The van der Waals surface area contributed by atoms with Crippen LogP contribution in [0.25, 0.3) is 0 Å². The highest BCUT2D eigenvalue weighted by atomic mass is 32.1. The van der Waals surface area contributed by atoms with Gasteiger partial charge in [0.15, 0.2) is 0 Å². The minimum absolute atomic E-state index is 0.184. The number of nitrogens with zero attached hydrogens (tertiary/aromatic N) is 1. The van der Waals surface area contributed by atoms with Crippen LogP contribution in [0.1, 0.15) is 53.9 Å². The molecular formula is C13H25NS. The molecule has 2 aliphatic heterocycles. The molecule has 3 atom stereocenters. The van der Waals surface area contributed by atoms with Gasteiger partial charge in [0, 0.05) is 22.4 Å². The Bertz CT molecular complexity index is 248. The minimum Gasteiger partial charge on any atom is -0.292 e. The van der Waals surface area contributed by atoms with Crippen LogP contribution in [-0.4, -0.2) is 27.3 Å². The lowest BCUT2D eigenvalue weighted by Gasteiger charge is -2.39. The summed E-state index contributed by atoms with van der Waals surface area (Å²) in [6.45, 7) is 11.6. The Kier molecular flexibility index (Phi) is 2.67. The van der Waals surface area contributed by atoms with Gasteiger partial charge in [-0.2, -0.15) is 12.6 Å². The summed E-state index contributed by atoms with van der Waals surface area (Å²) in [6.07, 6.45) is 4.15. The molecule has 0 spiro atoms. The van der Waals surface area contributed by atoms with E-state index in [4.69, 9.17) is 12.6 Å². The molecule has 0 N–H and O–H groups in total. The van der Waals surface area contributed by atoms with E-state index >= 15 is 0 Å². The average molecular weight is 227 g/mol. The fraction of sp³-hybridized carbons (Fsp3) is 1.00. The highest BCUT2D eigenvalue weighted by molar-refractivity contribution is 7.81. The molecule has 2 bridgehead atoms. The van der Waals surface area contributed by atoms with Crippen LogP contribution in [0.5, 0.6) is 0 Å². The molecule has 0 aromatic rings. The third kappa shape index (κ3) is 1.95. The maximum Gasteiger partial charge on any atom is 0.0146 e. The van der Waals surface area contributed by atoms with Gasteiger partial charge >= 0.3 is 0 Å². The summed E-state index contributed by atoms with van der Waals surface area (Å²) in [7, 11) is 0. The Balaban J connectivity index is 2.20. The SMILES string of the molecule is CC(C)(S)C1CC2CCC1N2C(C)(C)C. The smallest absolute Gasteiger partial charge is 0.0146 e. The zero-order chi connectivity index (χ0) is 11.4. The molecule has 1 nitrogen and oxygen atoms in total. The summed E-state index contributed by atoms with van der Waals surface area (Å²) in [5.41, 5.74) is 0.333. The van der Waals surface area contributed by atoms with Crippen molar-refractivity contribution >= 4 is 12.6 Å². The third-order valence-electron chi connectivity index (χ3n) is 4.22. The minimum atomic E-state index is 0.184. The Morgan fingerprint density at radius 2 is 1.67 bits per heavy atom. The van der Waals surface area contributed by atoms with Gasteiger partial charge in [-0.1, -0.05) is 13.8 Å². The molecule has 2 saturated heterocycles. The van der Waals surface area contributed by atoms with E-state index in [0.717, 1.165) is 18.0 Å². The van der Waals surface area contributed by atoms with E-state index in [-0.39, 0.29) is 4.75 Å². The van der Waals surface area contributed by atoms with Gasteiger partial charge in [-0.15, -0.1) is 0 Å². The van der Waals surface area contributed by atoms with E-state index < -0.39 is 0 Å². The predicted molar refractivity (Wildman–Crippen MR) is 69.6 cm³/mol. The van der Waals surface area contributed by atoms with Crippen molar-refractivity contribution in [2.45, 2.75) is 76.3 Å². The van der Waals surface area contributed by atoms with Gasteiger partial charge in [-0.05, 0) is 46.0 Å². The molecule has 2 heteroatoms. The van der Waals surface area contributed by atoms with Crippen LogP contribution in [-0.2, 0) is 0 Å². The molecular weight excluding hydrogens is 202 g/mol. The van der Waals surface area contributed by atoms with Gasteiger partial charge in [0.05, 0.1) is 0 Å². The van der Waals surface area contributed by atoms with Crippen LogP contribution in [0.4, 0.5) is 0 Å². The first kappa shape index (κ1) is 11.8. The lowest BCUT2D eigenvalue weighted by Crippen LogP contribution is -2.46. The third-order valence-corrected chi connectivity index (χ3v) is 4.55. The first-order valence-electron chi connectivity index (χ1n) is 6.22. The lowest BCUT2D eigenvalue weighted by molar-refractivity contribution is 0.105. The van der Waals surface area contributed by atoms with Crippen molar-refractivity contribution < 1.29 is 0 Å². The number of rotatable bonds is 1. The predicted octanol–water partition coefficient (Wildman–Crippen LogP) is 3.35. The number of hydrogen-bond donors (Lipinski definition) is 1. The number of thiol groups is 1. The second-order valence-corrected chi connectivity index (χ2v) is 8.03. The Morgan fingerprint density at radius 3 is 2.00 bits per heavy atom. The molecule has 2 rings (SSSR count). The molecule has 0 radical (unpaired) electrons. The van der Waals surface area contributed by atoms with Gasteiger partial charge in [0.2, 0.25) is 0 Å². The molecule has 2 heterocycles. The van der Waals surface area contributed by atoms with E-state index in [9.17, 15) is 0 Å². The van der Waals surface area contributed by atoms with Crippen molar-refractivity contribution in [3.63, 3.8) is 0 Å². The van der Waals surface area contributed by atoms with Crippen molar-refractivity contribution in [3.05, 3.63) is 0 Å². The van der Waals surface area contributed by atoms with Crippen LogP contribution in [0.15, 0.2) is 0 Å². The standard InChI is InChI=1S/C13H25NS/c1-12(2,3)14-9-6-7-11(14)10(8-9)13(4,5)15/h9-11,15H,6-8H2,1-5H3. The molecule has 0 aliphatic carbocycles. The van der Waals surface area contributed by atoms with Crippen LogP contribution in [0.2, 0.25) is 0 Å². The van der Waals surface area contributed by atoms with Gasteiger partial charge in [0.25, 0.3) is 0 Å². The summed E-state index contributed by atoms with van der Waals surface area (Å²) in [4.78, 5) is 2.76. The van der Waals surface area contributed by atoms with E-state index in [0.29, 0.717) is 5.54 Å². The topological polar surface area (TPSA) is 3.24 Å². The molecule has 15 heavy (non-hydrogen) atoms. The molecule has 3 unspecified atom stereocenters. The lowest BCUT2D eigenvalue weighted by atomic mass is 9.81. The molecule has 0 aromatic heterocycles. The summed E-state index contributed by atoms with van der Waals surface area (Å²) < 4.78 is 0.184. The quantitative estimate of drug-likeness (QED) is 0.672. The van der Waals surface area contributed by atoms with Crippen LogP contribution < -0.4 is 0 Å². The largest absolute Gasteiger partial charge is 0.292 e. The molecule has 88 valence electrons. The van der Waals surface area contributed by atoms with Crippen molar-refractivity contribution in [2.24, 2.45) is 5.92 Å². The fourth-order valence-electron chi connectivity index (χ4n) is 3.79. The first-order chi connectivity index (χ1) is 6.71. The second kappa shape index (κ2) is 3.40. The second-order valence-electron chi connectivity index (χ2n) is 6.87. The van der Waals surface area contributed by atoms with Crippen molar-refractivity contribution in [2.75, 3.05) is 0 Å². The van der Waals surface area contributed by atoms with E-state index in [2.05, 4.69) is 39.5 Å². The molecule has 2 aliphatic rings. The van der Waals surface area contributed by atoms with Gasteiger partial charge < -0.3 is 0 Å². The van der Waals surface area contributed by atoms with E-state index in [1.54, 1.807) is 0 Å². The van der Waals surface area contributed by atoms with Crippen molar-refractivity contribution in [1.82, 2.24) is 4.90 Å². The van der Waals surface area contributed by atoms with Crippen LogP contribution >= 0.6 is 12.6 Å². The summed E-state index contributed by atoms with van der Waals surface area (Å²) in [5, 5.41) is 0. The van der Waals surface area contributed by atoms with Crippen LogP contribution in [0, 0.1) is 5.92 Å². The Morgan fingerprint density at radius 1 is 1.07 bits per heavy atom. The van der Waals surface area contributed by atoms with Crippen molar-refractivity contribution in [3.8, 4) is 0 Å². The normalized spacial score (nSPS) is 37.6. The maximum atomic E-state index is 4.79. The fourth-order valence-corrected chi connectivity index (χ4v) is 4.07. The van der Waals surface area contributed by atoms with E-state index in [1.807, 2.05) is 0 Å². The maximum absolute atomic E-state index is 4.79. The highest BCUT2D eigenvalue weighted by Gasteiger charge is 2.53. The zero-order valence-electron chi connectivity index (χ0n) is 10.7. The average Bonchev–Trinajstić information content (AvgIpc) is 2.55. The Hall–Kier alpha value is 0.310. The number of fused-ring (bicyclic) bond motifs is 2. The summed E-state index contributed by atoms with van der Waals surface area (Å²) in [5.74, 6) is 0.777. The van der Waals surface area contributed by atoms with Crippen LogP contribution in [0.3, 0.4) is 0 Å². The van der Waals surface area contributed by atoms with Crippen molar-refractivity contribution in [1.29, 1.82) is 0 Å². The summed E-state index contributed by atoms with van der Waals surface area (Å²) in [6, 6.07) is 1.61. The highest BCUT2D eigenvalue weighted by Crippen LogP contribution is 2.50. The molecule has 2 fully saturated rings. The molecule has 0 amide bonds. The number of hydrogen-bond acceptors (Lipinski definition) is 2. The molecule has 0 saturated carbocycles. The van der Waals surface area contributed by atoms with Gasteiger partial charge in [0.1, 0.15) is 0 Å². The zero-order valence-corrected chi connectivity index (χ0v) is 11.6. The first-order valence-corrected chi connectivity index (χ1v) is 6.67.